The van der Waals surface area contributed by atoms with Gasteiger partial charge >= 0.3 is 11.9 Å². The average Bonchev–Trinajstić information content (AvgIpc) is 1.69. The molecule has 0 aliphatic carbocycles. The molecule has 5 aromatic carbocycles. The number of carbonyl (C=O) groups is 17. The minimum Gasteiger partial charge on any atom is -0.508 e. The Hall–Kier alpha value is -13.6. The normalized spacial score (nSPS) is 24.7. The summed E-state index contributed by atoms with van der Waals surface area (Å²) in [6, 6.07) is 6.12. The number of phenolic OH excluding ortho intramolecular Hbond substituents is 1. The van der Waals surface area contributed by atoms with Gasteiger partial charge in [-0.05, 0) is 76.9 Å². The number of primary amides is 1. The van der Waals surface area contributed by atoms with Crippen LogP contribution in [0.2, 0.25) is 0 Å². The molecule has 3 saturated heterocycles. The summed E-state index contributed by atoms with van der Waals surface area (Å²) in [5, 5.41) is 76.5. The number of nitrogens with two attached hydrogens (primary N) is 2. The van der Waals surface area contributed by atoms with Gasteiger partial charge in [-0.15, -0.1) is 11.8 Å². The number of para-hydroxylation sites is 1. The number of aromatic amines is 1. The quantitative estimate of drug-likeness (QED) is 0.0327. The van der Waals surface area contributed by atoms with Crippen LogP contribution in [0.25, 0.3) is 10.9 Å². The maximum absolute atomic E-state index is 15.7. The number of nitrogens with zero attached hydrogens (tertiary/aromatic N) is 5. The Balaban J connectivity index is 1.13. The number of aromatic nitrogens is 1. The largest absolute Gasteiger partial charge is 0.508 e. The number of H-pyrrole nitrogens is 1. The Morgan fingerprint density at radius 2 is 1.02 bits per heavy atom. The van der Waals surface area contributed by atoms with E-state index in [9.17, 15) is 68.3 Å². The number of aliphatic hydroxyl groups excluding tert-OH is 2. The van der Waals surface area contributed by atoms with Crippen molar-refractivity contribution < 1.29 is 120 Å². The van der Waals surface area contributed by atoms with Gasteiger partial charge in [0.1, 0.15) is 84.3 Å². The van der Waals surface area contributed by atoms with E-state index in [0.29, 0.717) is 57.9 Å². The second kappa shape index (κ2) is 48.0. The van der Waals surface area contributed by atoms with Crippen molar-refractivity contribution in [1.29, 1.82) is 0 Å². The standard InChI is InChI=1S/C90H112F3N17O22S/c1-7-8-23-67-89(131)110-44-55(113)38-70(110)85(127)102-63(39-75(118)119)81(123)105-77(47(2)3)90(132)107(5)68(34-48-17-11-9-12-18-48)83(125)99-60(28-29-74(116)117)87(129)109-43-54(112)37-69(109)84(126)101-62(36-52-41-96-59-22-16-15-21-56(52)59)80(122)100-61(32-50-24-26-53(111)27-25-50)79(121)103-65(40-94)82(124)104-66(78(120)97-42-72(95)114)45-133-46-73(115)98-64(33-51-30-57(91)76(93)58(92)31-51)86(128)108(6)71(88(130)106(67)4)35-49-19-13-10-14-20-49/h9-22,24-27,30-31,41,47,54-55,60-71,77,96,111-113H,7-8,23,28-29,32-40,42-46,94H2,1-6H3,(H2,95,114)(H,97,120)(H,98,115)(H,99,125)(H,100,122)(H,101,126)(H,102,127)(H,103,121)(H,104,124)(H,105,123)(H,116,117)(H,118,119)/t54-,55-,60+,61+,62+,63+,64+,65+,66+,67+,68+,69-,70-,71+,77+/m1/s1. The lowest BCUT2D eigenvalue weighted by atomic mass is 9.98. The summed E-state index contributed by atoms with van der Waals surface area (Å²) in [5.74, 6) is -27.6. The number of rotatable bonds is 23. The Labute approximate surface area is 766 Å². The third-order valence-electron chi connectivity index (χ3n) is 23.2. The number of amides is 15. The van der Waals surface area contributed by atoms with Gasteiger partial charge in [-0.1, -0.05) is 125 Å². The fourth-order valence-electron chi connectivity index (χ4n) is 16.0. The van der Waals surface area contributed by atoms with Crippen molar-refractivity contribution in [3.63, 3.8) is 0 Å². The first-order valence-corrected chi connectivity index (χ1v) is 44.3. The van der Waals surface area contributed by atoms with Crippen LogP contribution in [-0.2, 0) is 114 Å². The van der Waals surface area contributed by atoms with Crippen molar-refractivity contribution >= 4 is 123 Å². The van der Waals surface area contributed by atoms with E-state index in [1.807, 2.05) is 0 Å². The number of thioether (sulfide) groups is 1. The van der Waals surface area contributed by atoms with Crippen LogP contribution in [0.1, 0.15) is 100.0 Å². The van der Waals surface area contributed by atoms with Crippen LogP contribution < -0.4 is 59.3 Å². The fraction of sp³-hybridized carbons (Fsp3) is 0.456. The number of unbranched alkanes of at least 4 members (excludes halogenated alkanes) is 1. The summed E-state index contributed by atoms with van der Waals surface area (Å²) in [4.78, 5) is 256. The second-order valence-corrected chi connectivity index (χ2v) is 34.4. The summed E-state index contributed by atoms with van der Waals surface area (Å²) in [6.45, 7) is 1.91. The molecule has 3 aliphatic heterocycles. The van der Waals surface area contributed by atoms with Gasteiger partial charge < -0.3 is 114 Å². The summed E-state index contributed by atoms with van der Waals surface area (Å²) < 4.78 is 45.0. The van der Waals surface area contributed by atoms with Crippen LogP contribution in [0.15, 0.2) is 128 Å². The SMILES string of the molecule is CCCC[C@H]1C(=O)N2C[C@H](O)C[C@@H]2C(=O)N[C@@H](CC(=O)O)C(=O)N[C@@H](C(C)C)C(=O)N(C)[C@@H](Cc2ccccc2)C(=O)N[C@@H](CCC(=O)O)C(=O)N2C[C@H](O)C[C@@H]2C(=O)N[C@@H](Cc2c[nH]c3ccccc23)C(=O)N[C@@H](Cc2ccc(O)cc2)C(=O)N[C@@H](CN)C(=O)N[C@H](C(=O)NCC(N)=O)CSCC(=O)N[C@@H](Cc2cc(F)c(F)c(F)c2)C(=O)N(C)[C@@H](Cc2ccccc2)C(=O)N1C. The molecule has 0 radical (unpaired) electrons. The van der Waals surface area contributed by atoms with E-state index >= 15 is 51.9 Å². The third-order valence-corrected chi connectivity index (χ3v) is 24.3. The van der Waals surface area contributed by atoms with Crippen molar-refractivity contribution in [2.75, 3.05) is 58.8 Å². The molecule has 0 spiro atoms. The number of fused-ring (bicyclic) bond motifs is 3. The Kier molecular flexibility index (Phi) is 37.3. The van der Waals surface area contributed by atoms with Crippen LogP contribution in [0, 0.1) is 23.4 Å². The summed E-state index contributed by atoms with van der Waals surface area (Å²) in [6.07, 6.45) is -7.11. The number of aliphatic carboxylic acids is 2. The van der Waals surface area contributed by atoms with Crippen molar-refractivity contribution in [3.8, 4) is 5.75 Å². The predicted octanol–water partition coefficient (Wildman–Crippen LogP) is -1.42. The molecule has 0 saturated carbocycles. The summed E-state index contributed by atoms with van der Waals surface area (Å²) in [7, 11) is 3.52. The molecular weight excluding hydrogens is 1760 g/mol. The lowest BCUT2D eigenvalue weighted by Gasteiger charge is -2.38. The number of phenols is 1. The smallest absolute Gasteiger partial charge is 0.305 e. The van der Waals surface area contributed by atoms with E-state index in [0.717, 1.165) is 38.6 Å². The molecule has 15 amide bonds. The number of aliphatic hydroxyl groups is 2. The first-order chi connectivity index (χ1) is 63.1. The van der Waals surface area contributed by atoms with E-state index in [1.165, 1.54) is 51.4 Å². The van der Waals surface area contributed by atoms with Crippen molar-refractivity contribution in [2.45, 2.75) is 195 Å². The first kappa shape index (κ1) is 103. The van der Waals surface area contributed by atoms with Crippen LogP contribution >= 0.6 is 11.8 Å². The van der Waals surface area contributed by atoms with Gasteiger partial charge in [0.05, 0.1) is 30.9 Å². The van der Waals surface area contributed by atoms with Gasteiger partial charge in [-0.25, -0.2) is 13.2 Å². The van der Waals surface area contributed by atoms with Gasteiger partial charge in [-0.2, -0.15) is 0 Å². The van der Waals surface area contributed by atoms with Crippen LogP contribution in [-0.4, -0.2) is 305 Å². The summed E-state index contributed by atoms with van der Waals surface area (Å²) in [5.41, 5.74) is 13.2. The highest BCUT2D eigenvalue weighted by atomic mass is 32.2. The molecule has 9 rings (SSSR count). The maximum atomic E-state index is 15.7. The third kappa shape index (κ3) is 28.3. The van der Waals surface area contributed by atoms with Crippen LogP contribution in [0.5, 0.6) is 5.75 Å². The first-order valence-electron chi connectivity index (χ1n) is 43.2. The molecule has 716 valence electrons. The number of aromatic hydroxyl groups is 1. The molecule has 0 bridgehead atoms. The molecule has 6 aromatic rings. The molecule has 1 aromatic heterocycles. The molecule has 19 N–H and O–H groups in total. The van der Waals surface area contributed by atoms with E-state index in [2.05, 4.69) is 52.8 Å². The lowest BCUT2D eigenvalue weighted by Crippen LogP contribution is -2.62. The molecule has 3 aliphatic rings. The van der Waals surface area contributed by atoms with Crippen molar-refractivity contribution in [2.24, 2.45) is 17.4 Å². The average molecular weight is 1870 g/mol. The number of carboxylic acids is 2. The van der Waals surface area contributed by atoms with Crippen molar-refractivity contribution in [3.05, 3.63) is 173 Å². The number of benzene rings is 5. The van der Waals surface area contributed by atoms with Crippen LogP contribution in [0.4, 0.5) is 13.2 Å². The van der Waals surface area contributed by atoms with Gasteiger partial charge in [0.2, 0.25) is 88.6 Å². The topological polar surface area (TPSA) is 584 Å². The highest BCUT2D eigenvalue weighted by molar-refractivity contribution is 8.00. The Morgan fingerprint density at radius 1 is 0.519 bits per heavy atom. The Bertz CT molecular complexity index is 5220. The zero-order valence-electron chi connectivity index (χ0n) is 73.9. The number of likely N-dealkylation sites (N-methyl/N-ethyl adjacent to an activating group) is 3. The number of hydrogen-bond donors (Lipinski definition) is 17. The van der Waals surface area contributed by atoms with E-state index < -0.39 is 309 Å². The highest BCUT2D eigenvalue weighted by Gasteiger charge is 2.48. The highest BCUT2D eigenvalue weighted by Crippen LogP contribution is 2.29. The van der Waals surface area contributed by atoms with Gasteiger partial charge in [0, 0.05) is 115 Å². The van der Waals surface area contributed by atoms with E-state index in [1.54, 1.807) is 91.9 Å². The number of carboxylic acid groups (broad SMARTS) is 2. The Morgan fingerprint density at radius 3 is 1.59 bits per heavy atom. The molecule has 0 unspecified atom stereocenters. The lowest BCUT2D eigenvalue weighted by molar-refractivity contribution is -0.152. The van der Waals surface area contributed by atoms with E-state index in [-0.39, 0.29) is 37.0 Å². The minimum absolute atomic E-state index is 0.155. The molecule has 4 heterocycles. The van der Waals surface area contributed by atoms with Crippen LogP contribution in [0.3, 0.4) is 0 Å². The van der Waals surface area contributed by atoms with Gasteiger partial charge in [0.15, 0.2) is 17.5 Å². The van der Waals surface area contributed by atoms with Gasteiger partial charge in [-0.3, -0.25) is 81.5 Å². The zero-order chi connectivity index (χ0) is 97.4. The predicted molar refractivity (Wildman–Crippen MR) is 474 cm³/mol. The number of hydrogen-bond acceptors (Lipinski definition) is 22. The summed E-state index contributed by atoms with van der Waals surface area (Å²) >= 11 is 0.602. The van der Waals surface area contributed by atoms with Crippen molar-refractivity contribution in [1.82, 2.24) is 77.3 Å². The van der Waals surface area contributed by atoms with E-state index in [4.69, 9.17) is 11.5 Å². The monoisotopic (exact) mass is 1870 g/mol. The molecular formula is C90H112F3N17O22S. The second-order valence-electron chi connectivity index (χ2n) is 33.4. The number of halogens is 3. The molecule has 43 heteroatoms. The maximum Gasteiger partial charge on any atom is 0.305 e. The fourth-order valence-corrected chi connectivity index (χ4v) is 16.9. The number of carbonyl (C=O) groups excluding carboxylic acids is 15. The van der Waals surface area contributed by atoms with Gasteiger partial charge in [0.25, 0.3) is 0 Å². The number of nitrogens with one attached hydrogen (secondary N) is 10. The molecule has 39 nitrogen and oxygen atoms in total. The molecule has 15 atom stereocenters. The molecule has 3 fully saturated rings. The minimum atomic E-state index is -2.08. The zero-order valence-corrected chi connectivity index (χ0v) is 74.7. The molecule has 133 heavy (non-hydrogen) atoms.